The molecule has 0 aliphatic carbocycles. The first-order chi connectivity index (χ1) is 16.5. The van der Waals surface area contributed by atoms with E-state index < -0.39 is 0 Å². The summed E-state index contributed by atoms with van der Waals surface area (Å²) in [6.45, 7) is 6.65. The number of fused-ring (bicyclic) bond motifs is 1. The van der Waals surface area contributed by atoms with Crippen molar-refractivity contribution in [3.8, 4) is 0 Å². The topological polar surface area (TPSA) is 107 Å². The van der Waals surface area contributed by atoms with Gasteiger partial charge in [0.25, 0.3) is 5.91 Å². The molecule has 0 radical (unpaired) electrons. The lowest BCUT2D eigenvalue weighted by Crippen LogP contribution is -2.33. The smallest absolute Gasteiger partial charge is 0.268 e. The SMILES string of the molecule is Cc1cc(Nc2nccc(C3=CC(C)C=N3)n2)cc2cc(C(=O)NCC3=NC=CCC3C)[nH]c12. The minimum atomic E-state index is -0.148. The van der Waals surface area contributed by atoms with E-state index in [0.717, 1.165) is 45.7 Å². The zero-order valence-corrected chi connectivity index (χ0v) is 19.5. The van der Waals surface area contributed by atoms with Crippen LogP contribution in [0.3, 0.4) is 0 Å². The van der Waals surface area contributed by atoms with E-state index in [1.54, 1.807) is 12.4 Å². The van der Waals surface area contributed by atoms with Crippen molar-refractivity contribution < 1.29 is 4.79 Å². The molecule has 2 aromatic heterocycles. The van der Waals surface area contributed by atoms with Gasteiger partial charge in [-0.05, 0) is 55.2 Å². The molecule has 0 bridgehead atoms. The van der Waals surface area contributed by atoms with Crippen molar-refractivity contribution in [1.82, 2.24) is 20.3 Å². The zero-order valence-electron chi connectivity index (χ0n) is 19.5. The molecule has 3 aromatic rings. The van der Waals surface area contributed by atoms with E-state index in [-0.39, 0.29) is 5.91 Å². The van der Waals surface area contributed by atoms with Crippen LogP contribution in [-0.2, 0) is 0 Å². The van der Waals surface area contributed by atoms with Gasteiger partial charge in [0.1, 0.15) is 5.69 Å². The average Bonchev–Trinajstić information content (AvgIpc) is 3.45. The molecule has 0 saturated heterocycles. The minimum Gasteiger partial charge on any atom is -0.350 e. The van der Waals surface area contributed by atoms with Gasteiger partial charge in [-0.2, -0.15) is 0 Å². The van der Waals surface area contributed by atoms with E-state index >= 15 is 0 Å². The highest BCUT2D eigenvalue weighted by molar-refractivity contribution is 6.01. The van der Waals surface area contributed by atoms with Crippen LogP contribution in [0, 0.1) is 18.8 Å². The molecule has 2 unspecified atom stereocenters. The van der Waals surface area contributed by atoms with E-state index in [1.165, 1.54) is 0 Å². The third-order valence-corrected chi connectivity index (χ3v) is 6.05. The summed E-state index contributed by atoms with van der Waals surface area (Å²) in [6, 6.07) is 7.72. The van der Waals surface area contributed by atoms with Gasteiger partial charge >= 0.3 is 0 Å². The van der Waals surface area contributed by atoms with Crippen LogP contribution in [0.1, 0.15) is 42.0 Å². The lowest BCUT2D eigenvalue weighted by molar-refractivity contribution is 0.0955. The van der Waals surface area contributed by atoms with Crippen LogP contribution in [-0.4, -0.2) is 39.3 Å². The van der Waals surface area contributed by atoms with Crippen LogP contribution >= 0.6 is 0 Å². The quantitative estimate of drug-likeness (QED) is 0.498. The van der Waals surface area contributed by atoms with E-state index in [9.17, 15) is 4.79 Å². The van der Waals surface area contributed by atoms with E-state index in [1.807, 2.05) is 43.5 Å². The summed E-state index contributed by atoms with van der Waals surface area (Å²) in [7, 11) is 0. The Bertz CT molecular complexity index is 1380. The summed E-state index contributed by atoms with van der Waals surface area (Å²) in [5.41, 5.74) is 5.94. The molecule has 5 rings (SSSR count). The zero-order chi connectivity index (χ0) is 23.7. The number of hydrogen-bond acceptors (Lipinski definition) is 6. The molecular formula is C26H27N7O. The van der Waals surface area contributed by atoms with Crippen molar-refractivity contribution in [1.29, 1.82) is 0 Å². The number of anilines is 2. The number of nitrogens with zero attached hydrogens (tertiary/aromatic N) is 4. The monoisotopic (exact) mass is 453 g/mol. The minimum absolute atomic E-state index is 0.148. The molecule has 34 heavy (non-hydrogen) atoms. The summed E-state index contributed by atoms with van der Waals surface area (Å²) < 4.78 is 0. The van der Waals surface area contributed by atoms with Crippen LogP contribution in [0.2, 0.25) is 0 Å². The van der Waals surface area contributed by atoms with Gasteiger partial charge in [0.2, 0.25) is 5.95 Å². The fourth-order valence-electron chi connectivity index (χ4n) is 4.16. The molecule has 8 heteroatoms. The number of H-pyrrole nitrogens is 1. The number of aromatic amines is 1. The molecule has 3 N–H and O–H groups in total. The van der Waals surface area contributed by atoms with Gasteiger partial charge in [-0.1, -0.05) is 19.9 Å². The van der Waals surface area contributed by atoms with Crippen LogP contribution in [0.15, 0.2) is 58.8 Å². The number of carbonyl (C=O) groups is 1. The van der Waals surface area contributed by atoms with Crippen LogP contribution < -0.4 is 10.6 Å². The average molecular weight is 454 g/mol. The van der Waals surface area contributed by atoms with Crippen molar-refractivity contribution in [3.05, 3.63) is 65.8 Å². The molecule has 2 aliphatic heterocycles. The van der Waals surface area contributed by atoms with Crippen molar-refractivity contribution in [2.45, 2.75) is 27.2 Å². The maximum atomic E-state index is 12.8. The second-order valence-corrected chi connectivity index (χ2v) is 8.84. The number of carbonyl (C=O) groups excluding carboxylic acids is 1. The number of rotatable bonds is 6. The fraction of sp³-hybridized carbons (Fsp3) is 0.269. The maximum absolute atomic E-state index is 12.8. The Morgan fingerprint density at radius 2 is 2.12 bits per heavy atom. The van der Waals surface area contributed by atoms with Crippen LogP contribution in [0.4, 0.5) is 11.6 Å². The van der Waals surface area contributed by atoms with Crippen LogP contribution in [0.25, 0.3) is 16.6 Å². The second-order valence-electron chi connectivity index (χ2n) is 8.84. The summed E-state index contributed by atoms with van der Waals surface area (Å²) in [4.78, 5) is 33.8. The third-order valence-electron chi connectivity index (χ3n) is 6.05. The largest absolute Gasteiger partial charge is 0.350 e. The number of aliphatic imine (C=N–C) groups is 2. The second kappa shape index (κ2) is 9.05. The summed E-state index contributed by atoms with van der Waals surface area (Å²) >= 11 is 0. The number of benzene rings is 1. The van der Waals surface area contributed by atoms with E-state index in [4.69, 9.17) is 0 Å². The molecule has 0 fully saturated rings. The van der Waals surface area contributed by atoms with Gasteiger partial charge in [-0.25, -0.2) is 9.97 Å². The van der Waals surface area contributed by atoms with Gasteiger partial charge < -0.3 is 15.6 Å². The Balaban J connectivity index is 1.33. The number of hydrogen-bond donors (Lipinski definition) is 3. The van der Waals surface area contributed by atoms with Crippen molar-refractivity contribution in [2.24, 2.45) is 21.8 Å². The number of aryl methyl sites for hydroxylation is 1. The molecule has 1 amide bonds. The van der Waals surface area contributed by atoms with E-state index in [0.29, 0.717) is 30.0 Å². The van der Waals surface area contributed by atoms with Gasteiger partial charge in [0.05, 0.1) is 17.9 Å². The Morgan fingerprint density at radius 1 is 1.24 bits per heavy atom. The Hall–Kier alpha value is -4.07. The first-order valence-corrected chi connectivity index (χ1v) is 11.5. The summed E-state index contributed by atoms with van der Waals surface area (Å²) in [6.07, 6.45) is 10.5. The number of allylic oxidation sites excluding steroid dienone is 2. The molecule has 4 heterocycles. The third kappa shape index (κ3) is 4.52. The number of aromatic nitrogens is 3. The molecule has 0 saturated carbocycles. The van der Waals surface area contributed by atoms with Crippen LogP contribution in [0.5, 0.6) is 0 Å². The highest BCUT2D eigenvalue weighted by atomic mass is 16.1. The number of nitrogens with one attached hydrogen (secondary N) is 3. The van der Waals surface area contributed by atoms with Gasteiger partial charge in [0, 0.05) is 46.8 Å². The molecular weight excluding hydrogens is 426 g/mol. The Labute approximate surface area is 198 Å². The standard InChI is InChI=1S/C26H27N7O/c1-15-9-21(29-13-15)20-6-8-28-26(33-20)31-19-10-17(3)24-18(11-19)12-22(32-24)25(34)30-14-23-16(2)5-4-7-27-23/h4,6-13,15-16,32H,5,14H2,1-3H3,(H,30,34)(H,28,31,33). The van der Waals surface area contributed by atoms with Crippen molar-refractivity contribution in [2.75, 3.05) is 11.9 Å². The molecule has 2 aliphatic rings. The van der Waals surface area contributed by atoms with E-state index in [2.05, 4.69) is 55.5 Å². The predicted molar refractivity (Wildman–Crippen MR) is 137 cm³/mol. The lowest BCUT2D eigenvalue weighted by Gasteiger charge is -2.15. The molecule has 172 valence electrons. The first kappa shape index (κ1) is 21.8. The predicted octanol–water partition coefficient (Wildman–Crippen LogP) is 4.80. The molecule has 2 atom stereocenters. The highest BCUT2D eigenvalue weighted by Crippen LogP contribution is 2.27. The van der Waals surface area contributed by atoms with Gasteiger partial charge in [-0.15, -0.1) is 0 Å². The number of amides is 1. The first-order valence-electron chi connectivity index (χ1n) is 11.5. The van der Waals surface area contributed by atoms with Crippen molar-refractivity contribution in [3.63, 3.8) is 0 Å². The van der Waals surface area contributed by atoms with Gasteiger partial charge in [0.15, 0.2) is 0 Å². The Kier molecular flexibility index (Phi) is 5.79. The van der Waals surface area contributed by atoms with Gasteiger partial charge in [-0.3, -0.25) is 14.8 Å². The lowest BCUT2D eigenvalue weighted by atomic mass is 10.00. The highest BCUT2D eigenvalue weighted by Gasteiger charge is 2.16. The van der Waals surface area contributed by atoms with Crippen molar-refractivity contribution >= 4 is 46.1 Å². The molecule has 1 aromatic carbocycles. The Morgan fingerprint density at radius 3 is 2.91 bits per heavy atom. The fourth-order valence-corrected chi connectivity index (χ4v) is 4.16. The summed E-state index contributed by atoms with van der Waals surface area (Å²) in [5.74, 6) is 0.995. The molecule has 0 spiro atoms. The summed E-state index contributed by atoms with van der Waals surface area (Å²) in [5, 5.41) is 7.21. The normalized spacial score (nSPS) is 19.3. The maximum Gasteiger partial charge on any atom is 0.268 e. The molecule has 8 nitrogen and oxygen atoms in total.